The third kappa shape index (κ3) is 3.13. The molecule has 1 nitrogen and oxygen atoms in total. The Bertz CT molecular complexity index is 532. The molecule has 0 amide bonds. The van der Waals surface area contributed by atoms with Gasteiger partial charge in [-0.05, 0) is 67.6 Å². The molecular weight excluding hydrogens is 262 g/mol. The van der Waals surface area contributed by atoms with Crippen molar-refractivity contribution in [2.75, 3.05) is 7.05 Å². The van der Waals surface area contributed by atoms with Crippen LogP contribution >= 0.6 is 11.3 Å². The molecule has 0 fully saturated rings. The number of fused-ring (bicyclic) bond motifs is 1. The van der Waals surface area contributed by atoms with Gasteiger partial charge in [-0.1, -0.05) is 30.3 Å². The lowest BCUT2D eigenvalue weighted by Crippen LogP contribution is -2.37. The molecule has 1 aromatic carbocycles. The predicted octanol–water partition coefficient (Wildman–Crippen LogP) is 4.07. The minimum absolute atomic E-state index is 0.644. The summed E-state index contributed by atoms with van der Waals surface area (Å²) in [6, 6.07) is 14.0. The Hall–Kier alpha value is -1.12. The molecule has 20 heavy (non-hydrogen) atoms. The number of benzene rings is 1. The quantitative estimate of drug-likeness (QED) is 0.873. The van der Waals surface area contributed by atoms with Crippen LogP contribution in [0.25, 0.3) is 0 Å². The largest absolute Gasteiger partial charge is 0.317 e. The van der Waals surface area contributed by atoms with E-state index in [1.54, 1.807) is 11.1 Å². The van der Waals surface area contributed by atoms with E-state index in [1.165, 1.54) is 37.0 Å². The van der Waals surface area contributed by atoms with Crippen molar-refractivity contribution in [3.63, 3.8) is 0 Å². The molecule has 1 aromatic heterocycles. The molecular formula is C18H23NS. The minimum Gasteiger partial charge on any atom is -0.317 e. The highest BCUT2D eigenvalue weighted by molar-refractivity contribution is 7.09. The Kier molecular flexibility index (Phi) is 4.54. The fourth-order valence-corrected chi connectivity index (χ4v) is 4.16. The number of rotatable bonds is 5. The van der Waals surface area contributed by atoms with E-state index in [2.05, 4.69) is 54.1 Å². The Morgan fingerprint density at radius 2 is 2.05 bits per heavy atom. The Morgan fingerprint density at radius 1 is 1.20 bits per heavy atom. The lowest BCUT2D eigenvalue weighted by Gasteiger charge is -2.31. The number of hydrogen-bond acceptors (Lipinski definition) is 2. The Labute approximate surface area is 126 Å². The fraction of sp³-hybridized carbons (Fsp3) is 0.444. The number of thiophene rings is 1. The first kappa shape index (κ1) is 13.8. The molecule has 0 saturated heterocycles. The van der Waals surface area contributed by atoms with Crippen LogP contribution in [0.2, 0.25) is 0 Å². The molecule has 2 unspecified atom stereocenters. The molecule has 106 valence electrons. The molecule has 0 spiro atoms. The zero-order chi connectivity index (χ0) is 13.8. The van der Waals surface area contributed by atoms with Gasteiger partial charge in [0.1, 0.15) is 0 Å². The van der Waals surface area contributed by atoms with Gasteiger partial charge < -0.3 is 5.32 Å². The van der Waals surface area contributed by atoms with Gasteiger partial charge >= 0.3 is 0 Å². The van der Waals surface area contributed by atoms with E-state index in [9.17, 15) is 0 Å². The lowest BCUT2D eigenvalue weighted by atomic mass is 9.79. The van der Waals surface area contributed by atoms with E-state index >= 15 is 0 Å². The average molecular weight is 285 g/mol. The summed E-state index contributed by atoms with van der Waals surface area (Å²) in [4.78, 5) is 1.52. The summed E-state index contributed by atoms with van der Waals surface area (Å²) in [5.74, 6) is 0.787. The van der Waals surface area contributed by atoms with Crippen molar-refractivity contribution in [3.8, 4) is 0 Å². The number of aryl methyl sites for hydroxylation is 2. The number of hydrogen-bond donors (Lipinski definition) is 1. The summed E-state index contributed by atoms with van der Waals surface area (Å²) in [6.07, 6.45) is 6.28. The molecule has 1 heterocycles. The molecule has 1 aliphatic carbocycles. The van der Waals surface area contributed by atoms with E-state index in [-0.39, 0.29) is 0 Å². The fourth-order valence-electron chi connectivity index (χ4n) is 3.44. The molecule has 0 aliphatic heterocycles. The molecule has 0 radical (unpaired) electrons. The van der Waals surface area contributed by atoms with E-state index in [1.807, 2.05) is 11.3 Å². The van der Waals surface area contributed by atoms with E-state index in [0.29, 0.717) is 6.04 Å². The van der Waals surface area contributed by atoms with Crippen LogP contribution in [0.1, 0.15) is 28.8 Å². The smallest absolute Gasteiger partial charge is 0.00990 e. The zero-order valence-corrected chi connectivity index (χ0v) is 13.0. The summed E-state index contributed by atoms with van der Waals surface area (Å²) in [6.45, 7) is 0. The maximum Gasteiger partial charge on any atom is 0.00990 e. The van der Waals surface area contributed by atoms with Gasteiger partial charge in [-0.3, -0.25) is 0 Å². The summed E-state index contributed by atoms with van der Waals surface area (Å²) in [5, 5.41) is 5.75. The Morgan fingerprint density at radius 3 is 2.80 bits per heavy atom. The highest BCUT2D eigenvalue weighted by Gasteiger charge is 2.24. The summed E-state index contributed by atoms with van der Waals surface area (Å²) in [5.41, 5.74) is 3.14. The zero-order valence-electron chi connectivity index (χ0n) is 12.1. The molecule has 2 aromatic rings. The van der Waals surface area contributed by atoms with Gasteiger partial charge in [0.15, 0.2) is 0 Å². The third-order valence-electron chi connectivity index (χ3n) is 4.61. The van der Waals surface area contributed by atoms with Crippen LogP contribution < -0.4 is 5.32 Å². The van der Waals surface area contributed by atoms with Crippen LogP contribution in [0.5, 0.6) is 0 Å². The third-order valence-corrected chi connectivity index (χ3v) is 5.54. The molecule has 1 N–H and O–H groups in total. The monoisotopic (exact) mass is 285 g/mol. The number of nitrogens with one attached hydrogen (secondary N) is 1. The minimum atomic E-state index is 0.644. The highest BCUT2D eigenvalue weighted by atomic mass is 32.1. The van der Waals surface area contributed by atoms with Crippen molar-refractivity contribution in [1.82, 2.24) is 5.32 Å². The van der Waals surface area contributed by atoms with Crippen molar-refractivity contribution < 1.29 is 0 Å². The Balaban J connectivity index is 1.62. The first-order valence-corrected chi connectivity index (χ1v) is 8.51. The van der Waals surface area contributed by atoms with Crippen molar-refractivity contribution in [2.45, 2.75) is 38.1 Å². The lowest BCUT2D eigenvalue weighted by molar-refractivity contribution is 0.320. The van der Waals surface area contributed by atoms with Crippen LogP contribution in [0.4, 0.5) is 0 Å². The van der Waals surface area contributed by atoms with E-state index in [0.717, 1.165) is 5.92 Å². The highest BCUT2D eigenvalue weighted by Crippen LogP contribution is 2.29. The summed E-state index contributed by atoms with van der Waals surface area (Å²) >= 11 is 1.88. The molecule has 2 heteroatoms. The molecule has 3 rings (SSSR count). The average Bonchev–Trinajstić information content (AvgIpc) is 3.01. The van der Waals surface area contributed by atoms with Crippen molar-refractivity contribution in [3.05, 3.63) is 57.8 Å². The van der Waals surface area contributed by atoms with Crippen molar-refractivity contribution in [2.24, 2.45) is 5.92 Å². The molecule has 0 saturated carbocycles. The van der Waals surface area contributed by atoms with Crippen LogP contribution in [-0.4, -0.2) is 13.1 Å². The predicted molar refractivity (Wildman–Crippen MR) is 87.4 cm³/mol. The van der Waals surface area contributed by atoms with E-state index in [4.69, 9.17) is 0 Å². The van der Waals surface area contributed by atoms with Gasteiger partial charge in [-0.25, -0.2) is 0 Å². The van der Waals surface area contributed by atoms with Crippen LogP contribution in [-0.2, 0) is 19.3 Å². The standard InChI is InChI=1S/C18H23NS/c1-19-18(11-10-17-7-4-12-20-17)16-9-8-14-5-2-3-6-15(14)13-16/h2-7,12,16,18-19H,8-11,13H2,1H3. The summed E-state index contributed by atoms with van der Waals surface area (Å²) < 4.78 is 0. The van der Waals surface area contributed by atoms with E-state index < -0.39 is 0 Å². The maximum atomic E-state index is 3.57. The maximum absolute atomic E-state index is 3.57. The van der Waals surface area contributed by atoms with Gasteiger partial charge in [0.05, 0.1) is 0 Å². The second kappa shape index (κ2) is 6.55. The van der Waals surface area contributed by atoms with Gasteiger partial charge in [-0.2, -0.15) is 0 Å². The van der Waals surface area contributed by atoms with Gasteiger partial charge in [0, 0.05) is 10.9 Å². The summed E-state index contributed by atoms with van der Waals surface area (Å²) in [7, 11) is 2.12. The second-order valence-corrected chi connectivity index (χ2v) is 6.82. The molecule has 1 aliphatic rings. The van der Waals surface area contributed by atoms with Crippen molar-refractivity contribution >= 4 is 11.3 Å². The van der Waals surface area contributed by atoms with Crippen LogP contribution in [0.3, 0.4) is 0 Å². The van der Waals surface area contributed by atoms with Gasteiger partial charge in [0.25, 0.3) is 0 Å². The topological polar surface area (TPSA) is 12.0 Å². The van der Waals surface area contributed by atoms with Crippen LogP contribution in [0, 0.1) is 5.92 Å². The van der Waals surface area contributed by atoms with Crippen molar-refractivity contribution in [1.29, 1.82) is 0 Å². The normalized spacial score (nSPS) is 19.6. The first-order valence-electron chi connectivity index (χ1n) is 7.63. The SMILES string of the molecule is CNC(CCc1cccs1)C1CCc2ccccc2C1. The van der Waals surface area contributed by atoms with Gasteiger partial charge in [-0.15, -0.1) is 11.3 Å². The molecule has 0 bridgehead atoms. The molecule has 2 atom stereocenters. The van der Waals surface area contributed by atoms with Crippen LogP contribution in [0.15, 0.2) is 41.8 Å². The van der Waals surface area contributed by atoms with Gasteiger partial charge in [0.2, 0.25) is 0 Å². The first-order chi connectivity index (χ1) is 9.86. The second-order valence-electron chi connectivity index (χ2n) is 5.78.